The monoisotopic (exact) mass is 431 g/mol. The molecule has 2 aromatic rings. The van der Waals surface area contributed by atoms with Crippen molar-refractivity contribution in [1.82, 2.24) is 4.90 Å². The number of para-hydroxylation sites is 1. The largest absolute Gasteiger partial charge is 0.488 e. The van der Waals surface area contributed by atoms with Crippen LogP contribution in [-0.2, 0) is 16.1 Å². The fraction of sp³-hybridized carbons (Fsp3) is 0.333. The maximum Gasteiger partial charge on any atom is 0.308 e. The van der Waals surface area contributed by atoms with Crippen LogP contribution >= 0.6 is 15.9 Å². The van der Waals surface area contributed by atoms with E-state index in [2.05, 4.69) is 15.9 Å². The number of esters is 1. The number of carbonyl (C=O) groups excluding carboxylic acids is 2. The predicted octanol–water partition coefficient (Wildman–Crippen LogP) is 4.05. The number of hydrogen-bond donors (Lipinski definition) is 0. The summed E-state index contributed by atoms with van der Waals surface area (Å²) in [5.41, 5.74) is 1.56. The Hall–Kier alpha value is -2.34. The number of nitrogens with zero attached hydrogens (tertiary/aromatic N) is 1. The van der Waals surface area contributed by atoms with E-state index in [1.165, 1.54) is 7.11 Å². The zero-order chi connectivity index (χ0) is 19.2. The topological polar surface area (TPSA) is 55.8 Å². The Balaban J connectivity index is 1.67. The second-order valence-electron chi connectivity index (χ2n) is 6.47. The molecule has 0 radical (unpaired) electrons. The summed E-state index contributed by atoms with van der Waals surface area (Å²) >= 11 is 3.51. The normalized spacial score (nSPS) is 14.7. The molecule has 142 valence electrons. The molecule has 0 aromatic heterocycles. The summed E-state index contributed by atoms with van der Waals surface area (Å²) in [5, 5.41) is 0. The average molecular weight is 432 g/mol. The van der Waals surface area contributed by atoms with Crippen LogP contribution in [0, 0.1) is 5.92 Å². The molecular weight excluding hydrogens is 410 g/mol. The van der Waals surface area contributed by atoms with Gasteiger partial charge in [0.25, 0.3) is 5.91 Å². The first kappa shape index (κ1) is 19.4. The van der Waals surface area contributed by atoms with Crippen LogP contribution in [0.5, 0.6) is 5.75 Å². The van der Waals surface area contributed by atoms with Crippen molar-refractivity contribution in [2.45, 2.75) is 19.4 Å². The highest BCUT2D eigenvalue weighted by molar-refractivity contribution is 9.10. The van der Waals surface area contributed by atoms with Gasteiger partial charge < -0.3 is 14.4 Å². The third-order valence-electron chi connectivity index (χ3n) is 4.78. The number of methoxy groups -OCH3 is 1. The number of halogens is 1. The van der Waals surface area contributed by atoms with Crippen molar-refractivity contribution in [2.24, 2.45) is 5.92 Å². The van der Waals surface area contributed by atoms with Gasteiger partial charge in [-0.25, -0.2) is 0 Å². The summed E-state index contributed by atoms with van der Waals surface area (Å²) < 4.78 is 11.7. The van der Waals surface area contributed by atoms with Crippen LogP contribution in [0.1, 0.15) is 28.8 Å². The van der Waals surface area contributed by atoms with Crippen LogP contribution in [0.2, 0.25) is 0 Å². The molecule has 1 fully saturated rings. The minimum atomic E-state index is -0.195. The molecule has 0 atom stereocenters. The number of carbonyl (C=O) groups is 2. The summed E-state index contributed by atoms with van der Waals surface area (Å²) in [6.45, 7) is 1.45. The van der Waals surface area contributed by atoms with Gasteiger partial charge in [-0.15, -0.1) is 0 Å². The SMILES string of the molecule is COC(=O)C1CCN(C(=O)c2ccccc2OCc2ccccc2Br)CC1. The first-order valence-electron chi connectivity index (χ1n) is 8.92. The van der Waals surface area contributed by atoms with Gasteiger partial charge in [-0.1, -0.05) is 46.3 Å². The predicted molar refractivity (Wildman–Crippen MR) is 106 cm³/mol. The van der Waals surface area contributed by atoms with Gasteiger partial charge in [0.2, 0.25) is 0 Å². The maximum absolute atomic E-state index is 13.0. The van der Waals surface area contributed by atoms with Gasteiger partial charge >= 0.3 is 5.97 Å². The quantitative estimate of drug-likeness (QED) is 0.669. The first-order valence-corrected chi connectivity index (χ1v) is 9.71. The minimum Gasteiger partial charge on any atom is -0.488 e. The highest BCUT2D eigenvalue weighted by Gasteiger charge is 2.29. The Morgan fingerprint density at radius 2 is 1.74 bits per heavy atom. The van der Waals surface area contributed by atoms with E-state index in [1.807, 2.05) is 42.5 Å². The number of ether oxygens (including phenoxy) is 2. The summed E-state index contributed by atoms with van der Waals surface area (Å²) in [4.78, 5) is 26.4. The van der Waals surface area contributed by atoms with Crippen molar-refractivity contribution >= 4 is 27.8 Å². The number of rotatable bonds is 5. The Kier molecular flexibility index (Phi) is 6.50. The number of benzene rings is 2. The van der Waals surface area contributed by atoms with E-state index in [1.54, 1.807) is 11.0 Å². The molecule has 1 aliphatic rings. The van der Waals surface area contributed by atoms with Gasteiger partial charge in [0.1, 0.15) is 12.4 Å². The standard InChI is InChI=1S/C21H22BrNO4/c1-26-21(25)15-10-12-23(13-11-15)20(24)17-7-3-5-9-19(17)27-14-16-6-2-4-8-18(16)22/h2-9,15H,10-14H2,1H3. The van der Waals surface area contributed by atoms with E-state index < -0.39 is 0 Å². The van der Waals surface area contributed by atoms with Gasteiger partial charge in [-0.3, -0.25) is 9.59 Å². The molecular formula is C21H22BrNO4. The molecule has 0 saturated carbocycles. The lowest BCUT2D eigenvalue weighted by Gasteiger charge is -2.31. The molecule has 6 heteroatoms. The van der Waals surface area contributed by atoms with Crippen molar-refractivity contribution in [3.63, 3.8) is 0 Å². The van der Waals surface area contributed by atoms with Gasteiger partial charge in [-0.05, 0) is 31.0 Å². The Bertz CT molecular complexity index is 815. The fourth-order valence-corrected chi connectivity index (χ4v) is 3.59. The van der Waals surface area contributed by atoms with Crippen LogP contribution in [-0.4, -0.2) is 37.0 Å². The van der Waals surface area contributed by atoms with Gasteiger partial charge in [-0.2, -0.15) is 0 Å². The number of piperidine rings is 1. The Morgan fingerprint density at radius 3 is 2.44 bits per heavy atom. The molecule has 0 unspecified atom stereocenters. The number of likely N-dealkylation sites (tertiary alicyclic amines) is 1. The van der Waals surface area contributed by atoms with Crippen molar-refractivity contribution < 1.29 is 19.1 Å². The smallest absolute Gasteiger partial charge is 0.308 e. The second-order valence-corrected chi connectivity index (χ2v) is 7.32. The summed E-state index contributed by atoms with van der Waals surface area (Å²) in [5.74, 6) is 0.176. The number of amides is 1. The lowest BCUT2D eigenvalue weighted by atomic mass is 9.96. The third-order valence-corrected chi connectivity index (χ3v) is 5.55. The first-order chi connectivity index (χ1) is 13.1. The summed E-state index contributed by atoms with van der Waals surface area (Å²) in [6.07, 6.45) is 1.25. The Labute approximate surface area is 167 Å². The van der Waals surface area contributed by atoms with Crippen LogP contribution in [0.25, 0.3) is 0 Å². The fourth-order valence-electron chi connectivity index (χ4n) is 3.20. The van der Waals surface area contributed by atoms with Crippen LogP contribution < -0.4 is 4.74 Å². The number of hydrogen-bond acceptors (Lipinski definition) is 4. The summed E-state index contributed by atoms with van der Waals surface area (Å²) in [6, 6.07) is 15.1. The van der Waals surface area contributed by atoms with E-state index >= 15 is 0 Å². The zero-order valence-corrected chi connectivity index (χ0v) is 16.8. The molecule has 5 nitrogen and oxygen atoms in total. The van der Waals surface area contributed by atoms with Crippen LogP contribution in [0.4, 0.5) is 0 Å². The van der Waals surface area contributed by atoms with Gasteiger partial charge in [0, 0.05) is 23.1 Å². The minimum absolute atomic E-state index is 0.0685. The highest BCUT2D eigenvalue weighted by atomic mass is 79.9. The van der Waals surface area contributed by atoms with E-state index in [-0.39, 0.29) is 17.8 Å². The molecule has 2 aromatic carbocycles. The maximum atomic E-state index is 13.0. The second kappa shape index (κ2) is 9.04. The molecule has 3 rings (SSSR count). The molecule has 0 bridgehead atoms. The molecule has 1 aliphatic heterocycles. The average Bonchev–Trinajstić information content (AvgIpc) is 2.72. The van der Waals surface area contributed by atoms with Crippen molar-refractivity contribution in [2.75, 3.05) is 20.2 Å². The summed E-state index contributed by atoms with van der Waals surface area (Å²) in [7, 11) is 1.40. The van der Waals surface area contributed by atoms with Crippen molar-refractivity contribution in [3.05, 3.63) is 64.1 Å². The highest BCUT2D eigenvalue weighted by Crippen LogP contribution is 2.26. The van der Waals surface area contributed by atoms with Crippen molar-refractivity contribution in [1.29, 1.82) is 0 Å². The van der Waals surface area contributed by atoms with E-state index in [9.17, 15) is 9.59 Å². The van der Waals surface area contributed by atoms with Crippen LogP contribution in [0.15, 0.2) is 53.0 Å². The molecule has 0 N–H and O–H groups in total. The molecule has 1 amide bonds. The van der Waals surface area contributed by atoms with E-state index in [0.717, 1.165) is 10.0 Å². The third kappa shape index (κ3) is 4.69. The van der Waals surface area contributed by atoms with Crippen LogP contribution in [0.3, 0.4) is 0 Å². The van der Waals surface area contributed by atoms with Crippen molar-refractivity contribution in [3.8, 4) is 5.75 Å². The Morgan fingerprint density at radius 1 is 1.07 bits per heavy atom. The molecule has 0 spiro atoms. The zero-order valence-electron chi connectivity index (χ0n) is 15.2. The molecule has 1 heterocycles. The molecule has 0 aliphatic carbocycles. The van der Waals surface area contributed by atoms with Gasteiger partial charge in [0.05, 0.1) is 18.6 Å². The van der Waals surface area contributed by atoms with Gasteiger partial charge in [0.15, 0.2) is 0 Å². The lowest BCUT2D eigenvalue weighted by molar-refractivity contribution is -0.146. The lowest BCUT2D eigenvalue weighted by Crippen LogP contribution is -2.40. The van der Waals surface area contributed by atoms with E-state index in [0.29, 0.717) is 43.9 Å². The van der Waals surface area contributed by atoms with E-state index in [4.69, 9.17) is 9.47 Å². The molecule has 27 heavy (non-hydrogen) atoms. The molecule has 1 saturated heterocycles.